The number of thiazole rings is 2. The van der Waals surface area contributed by atoms with Crippen LogP contribution in [-0.2, 0) is 9.47 Å². The molecule has 4 heterocycles. The van der Waals surface area contributed by atoms with E-state index in [1.807, 2.05) is 25.1 Å². The average Bonchev–Trinajstić information content (AvgIpc) is 3.53. The Morgan fingerprint density at radius 3 is 2.97 bits per heavy atom. The lowest BCUT2D eigenvalue weighted by Gasteiger charge is -2.22. The van der Waals surface area contributed by atoms with E-state index in [1.54, 1.807) is 28.5 Å². The van der Waals surface area contributed by atoms with Crippen molar-refractivity contribution in [1.82, 2.24) is 19.6 Å². The van der Waals surface area contributed by atoms with Gasteiger partial charge < -0.3 is 14.8 Å². The molecule has 0 bridgehead atoms. The van der Waals surface area contributed by atoms with Gasteiger partial charge in [-0.2, -0.15) is 0 Å². The van der Waals surface area contributed by atoms with E-state index < -0.39 is 0 Å². The Labute approximate surface area is 200 Å². The minimum Gasteiger partial charge on any atom is -0.353 e. The molecular formula is C20H19N5O3S4. The highest BCUT2D eigenvalue weighted by atomic mass is 32.2. The zero-order valence-electron chi connectivity index (χ0n) is 17.1. The SMILES string of the molecule is Cc1nnsc1-c1nc(C(=O)Nc2ccc3nc(SCCC4OCCCO4)sc3c2)cs1. The summed E-state index contributed by atoms with van der Waals surface area (Å²) >= 11 is 6.02. The summed E-state index contributed by atoms with van der Waals surface area (Å²) in [5.41, 5.74) is 2.84. The van der Waals surface area contributed by atoms with Crippen LogP contribution in [0.5, 0.6) is 0 Å². The summed E-state index contributed by atoms with van der Waals surface area (Å²) in [5.74, 6) is 0.642. The predicted octanol–water partition coefficient (Wildman–Crippen LogP) is 5.08. The second-order valence-electron chi connectivity index (χ2n) is 7.00. The Morgan fingerprint density at radius 2 is 2.16 bits per heavy atom. The van der Waals surface area contributed by atoms with Gasteiger partial charge in [0, 0.05) is 23.2 Å². The van der Waals surface area contributed by atoms with Crippen molar-refractivity contribution in [2.24, 2.45) is 0 Å². The molecule has 1 saturated heterocycles. The first-order valence-corrected chi connectivity index (χ1v) is 13.4. The molecule has 0 atom stereocenters. The van der Waals surface area contributed by atoms with E-state index in [0.29, 0.717) is 5.69 Å². The number of fused-ring (bicyclic) bond motifs is 1. The van der Waals surface area contributed by atoms with E-state index in [-0.39, 0.29) is 12.2 Å². The van der Waals surface area contributed by atoms with Crippen molar-refractivity contribution in [2.75, 3.05) is 24.3 Å². The molecule has 0 spiro atoms. The molecule has 12 heteroatoms. The topological polar surface area (TPSA) is 99.1 Å². The van der Waals surface area contributed by atoms with Gasteiger partial charge in [-0.15, -0.1) is 27.8 Å². The van der Waals surface area contributed by atoms with Crippen molar-refractivity contribution >= 4 is 67.8 Å². The highest BCUT2D eigenvalue weighted by Crippen LogP contribution is 2.33. The first-order valence-electron chi connectivity index (χ1n) is 9.98. The molecule has 0 aliphatic carbocycles. The first kappa shape index (κ1) is 21.9. The maximum absolute atomic E-state index is 12.7. The van der Waals surface area contributed by atoms with Crippen molar-refractivity contribution in [3.63, 3.8) is 0 Å². The number of hydrogen-bond acceptors (Lipinski definition) is 11. The molecule has 32 heavy (non-hydrogen) atoms. The number of ether oxygens (including phenoxy) is 2. The molecule has 5 rings (SSSR count). The number of aryl methyl sites for hydroxylation is 1. The molecule has 4 aromatic rings. The van der Waals surface area contributed by atoms with Crippen molar-refractivity contribution in [2.45, 2.75) is 30.4 Å². The van der Waals surface area contributed by atoms with Gasteiger partial charge in [-0.3, -0.25) is 4.79 Å². The minimum atomic E-state index is -0.242. The second kappa shape index (κ2) is 9.89. The van der Waals surface area contributed by atoms with Crippen LogP contribution >= 0.6 is 46.0 Å². The molecular weight excluding hydrogens is 487 g/mol. The standard InChI is InChI=1S/C20H19N5O3S4/c1-11-17(32-25-24-11)19-22-14(10-30-19)18(26)21-12-3-4-13-15(9-12)31-20(23-13)29-8-5-16-27-6-2-7-28-16/h3-4,9-10,16H,2,5-8H2,1H3,(H,21,26). The van der Waals surface area contributed by atoms with Gasteiger partial charge in [0.15, 0.2) is 10.6 Å². The molecule has 1 aliphatic rings. The first-order chi connectivity index (χ1) is 15.7. The van der Waals surface area contributed by atoms with E-state index in [2.05, 4.69) is 24.9 Å². The monoisotopic (exact) mass is 505 g/mol. The van der Waals surface area contributed by atoms with Crippen LogP contribution in [0.3, 0.4) is 0 Å². The van der Waals surface area contributed by atoms with Crippen LogP contribution in [0.4, 0.5) is 5.69 Å². The van der Waals surface area contributed by atoms with Crippen LogP contribution in [0.2, 0.25) is 0 Å². The van der Waals surface area contributed by atoms with Crippen LogP contribution in [0.25, 0.3) is 20.1 Å². The number of aromatic nitrogens is 4. The van der Waals surface area contributed by atoms with Crippen LogP contribution in [0, 0.1) is 6.92 Å². The highest BCUT2D eigenvalue weighted by molar-refractivity contribution is 8.01. The second-order valence-corrected chi connectivity index (χ2v) is 11.0. The van der Waals surface area contributed by atoms with Gasteiger partial charge in [0.25, 0.3) is 5.91 Å². The van der Waals surface area contributed by atoms with Crippen molar-refractivity contribution in [1.29, 1.82) is 0 Å². The maximum Gasteiger partial charge on any atom is 0.275 e. The molecule has 3 aromatic heterocycles. The fourth-order valence-electron chi connectivity index (χ4n) is 3.09. The van der Waals surface area contributed by atoms with Crippen LogP contribution in [0.15, 0.2) is 27.9 Å². The molecule has 1 fully saturated rings. The number of amides is 1. The van der Waals surface area contributed by atoms with Gasteiger partial charge in [0.2, 0.25) is 0 Å². The predicted molar refractivity (Wildman–Crippen MR) is 129 cm³/mol. The molecule has 166 valence electrons. The zero-order chi connectivity index (χ0) is 21.9. The Bertz CT molecular complexity index is 1230. The van der Waals surface area contributed by atoms with Gasteiger partial charge >= 0.3 is 0 Å². The minimum absolute atomic E-state index is 0.102. The number of rotatable bonds is 7. The summed E-state index contributed by atoms with van der Waals surface area (Å²) in [6.45, 7) is 3.43. The third-order valence-corrected chi connectivity index (χ3v) is 8.70. The number of nitrogens with zero attached hydrogens (tertiary/aromatic N) is 4. The Hall–Kier alpha value is -1.96. The molecule has 0 unspecified atom stereocenters. The molecule has 1 amide bonds. The Kier molecular flexibility index (Phi) is 6.76. The molecule has 1 aliphatic heterocycles. The number of anilines is 1. The van der Waals surface area contributed by atoms with Gasteiger partial charge in [0.1, 0.15) is 15.6 Å². The van der Waals surface area contributed by atoms with E-state index in [1.165, 1.54) is 22.9 Å². The molecule has 8 nitrogen and oxygen atoms in total. The maximum atomic E-state index is 12.7. The largest absolute Gasteiger partial charge is 0.353 e. The molecule has 0 radical (unpaired) electrons. The van der Waals surface area contributed by atoms with Crippen molar-refractivity contribution in [3.05, 3.63) is 35.0 Å². The van der Waals surface area contributed by atoms with Gasteiger partial charge in [0.05, 0.1) is 29.1 Å². The zero-order valence-corrected chi connectivity index (χ0v) is 20.3. The van der Waals surface area contributed by atoms with E-state index >= 15 is 0 Å². The van der Waals surface area contributed by atoms with Gasteiger partial charge in [-0.05, 0) is 43.1 Å². The third kappa shape index (κ3) is 5.00. The van der Waals surface area contributed by atoms with E-state index in [9.17, 15) is 4.79 Å². The summed E-state index contributed by atoms with van der Waals surface area (Å²) in [5, 5.41) is 9.45. The van der Waals surface area contributed by atoms with Crippen molar-refractivity contribution < 1.29 is 14.3 Å². The summed E-state index contributed by atoms with van der Waals surface area (Å²) in [6.07, 6.45) is 1.71. The Morgan fingerprint density at radius 1 is 1.28 bits per heavy atom. The number of hydrogen-bond donors (Lipinski definition) is 1. The number of benzene rings is 1. The Balaban J connectivity index is 1.21. The third-order valence-electron chi connectivity index (χ3n) is 4.68. The lowest BCUT2D eigenvalue weighted by molar-refractivity contribution is -0.178. The lowest BCUT2D eigenvalue weighted by atomic mass is 10.3. The highest BCUT2D eigenvalue weighted by Gasteiger charge is 2.17. The normalized spacial score (nSPS) is 14.8. The molecule has 1 aromatic carbocycles. The lowest BCUT2D eigenvalue weighted by Crippen LogP contribution is -2.25. The summed E-state index contributed by atoms with van der Waals surface area (Å²) in [7, 11) is 0. The summed E-state index contributed by atoms with van der Waals surface area (Å²) < 4.78 is 17.1. The fourth-order valence-corrected chi connectivity index (χ4v) is 6.82. The van der Waals surface area contributed by atoms with Gasteiger partial charge in [-0.1, -0.05) is 16.3 Å². The van der Waals surface area contributed by atoms with E-state index in [4.69, 9.17) is 9.47 Å². The smallest absolute Gasteiger partial charge is 0.275 e. The van der Waals surface area contributed by atoms with Gasteiger partial charge in [-0.25, -0.2) is 9.97 Å². The number of carbonyl (C=O) groups excluding carboxylic acids is 1. The molecule has 0 saturated carbocycles. The van der Waals surface area contributed by atoms with Crippen LogP contribution in [-0.4, -0.2) is 50.7 Å². The molecule has 1 N–H and O–H groups in total. The number of nitrogens with one attached hydrogen (secondary N) is 1. The number of carbonyl (C=O) groups is 1. The fraction of sp³-hybridized carbons (Fsp3) is 0.350. The van der Waals surface area contributed by atoms with Crippen LogP contribution < -0.4 is 5.32 Å². The quantitative estimate of drug-likeness (QED) is 0.347. The van der Waals surface area contributed by atoms with E-state index in [0.717, 1.165) is 67.6 Å². The summed E-state index contributed by atoms with van der Waals surface area (Å²) in [6, 6.07) is 5.74. The van der Waals surface area contributed by atoms with Crippen molar-refractivity contribution in [3.8, 4) is 9.88 Å². The summed E-state index contributed by atoms with van der Waals surface area (Å²) in [4.78, 5) is 22.7. The van der Waals surface area contributed by atoms with Crippen LogP contribution in [0.1, 0.15) is 29.0 Å². The number of thioether (sulfide) groups is 1. The average molecular weight is 506 g/mol.